The average molecular weight is 431 g/mol. The molecule has 0 radical (unpaired) electrons. The second-order valence-electron chi connectivity index (χ2n) is 7.17. The van der Waals surface area contributed by atoms with Crippen LogP contribution in [0.2, 0.25) is 0 Å². The summed E-state index contributed by atoms with van der Waals surface area (Å²) in [7, 11) is 3.00. The van der Waals surface area contributed by atoms with Gasteiger partial charge < -0.3 is 19.7 Å². The number of anilines is 1. The molecule has 2 N–H and O–H groups in total. The van der Waals surface area contributed by atoms with Gasteiger partial charge in [-0.05, 0) is 42.0 Å². The van der Waals surface area contributed by atoms with Crippen LogP contribution in [0.4, 0.5) is 5.69 Å². The van der Waals surface area contributed by atoms with Crippen molar-refractivity contribution in [1.29, 1.82) is 0 Å². The number of phenols is 1. The third-order valence-corrected chi connectivity index (χ3v) is 5.34. The molecule has 1 heterocycles. The number of aliphatic hydroxyl groups is 1. The molecule has 1 aliphatic rings. The van der Waals surface area contributed by atoms with Crippen LogP contribution >= 0.6 is 0 Å². The first kappa shape index (κ1) is 21.0. The van der Waals surface area contributed by atoms with Gasteiger partial charge >= 0.3 is 0 Å². The number of carbonyl (C=O) groups excluding carboxylic acids is 2. The number of amides is 1. The van der Waals surface area contributed by atoms with Crippen LogP contribution < -0.4 is 14.4 Å². The lowest BCUT2D eigenvalue weighted by Crippen LogP contribution is -2.29. The van der Waals surface area contributed by atoms with Crippen molar-refractivity contribution in [2.24, 2.45) is 0 Å². The number of ether oxygens (including phenoxy) is 2. The quantitative estimate of drug-likeness (QED) is 0.360. The Kier molecular flexibility index (Phi) is 5.55. The highest BCUT2D eigenvalue weighted by molar-refractivity contribution is 6.51. The molecule has 1 aliphatic heterocycles. The molecule has 1 amide bonds. The number of hydrogen-bond acceptors (Lipinski definition) is 6. The molecule has 32 heavy (non-hydrogen) atoms. The Morgan fingerprint density at radius 2 is 1.53 bits per heavy atom. The van der Waals surface area contributed by atoms with Crippen LogP contribution in [0.5, 0.6) is 17.2 Å². The molecular formula is C25H21NO6. The molecule has 7 heteroatoms. The summed E-state index contributed by atoms with van der Waals surface area (Å²) in [5, 5.41) is 20.7. The number of phenolic OH excluding ortho intramolecular Hbond substituents is 1. The predicted octanol–water partition coefficient (Wildman–Crippen LogP) is 4.04. The largest absolute Gasteiger partial charge is 0.508 e. The number of Topliss-reactive ketones (excluding diaryl/α,β-unsaturated/α-hetero) is 1. The fourth-order valence-corrected chi connectivity index (χ4v) is 3.80. The number of carbonyl (C=O) groups is 2. The summed E-state index contributed by atoms with van der Waals surface area (Å²) in [5.41, 5.74) is 1.33. The number of rotatable bonds is 5. The van der Waals surface area contributed by atoms with Gasteiger partial charge in [-0.3, -0.25) is 14.5 Å². The van der Waals surface area contributed by atoms with Crippen molar-refractivity contribution in [2.75, 3.05) is 19.1 Å². The van der Waals surface area contributed by atoms with Crippen molar-refractivity contribution in [3.05, 3.63) is 89.5 Å². The number of methoxy groups -OCH3 is 2. The molecule has 0 aliphatic carbocycles. The Morgan fingerprint density at radius 1 is 0.875 bits per heavy atom. The molecule has 0 saturated carbocycles. The summed E-state index contributed by atoms with van der Waals surface area (Å²) < 4.78 is 10.7. The van der Waals surface area contributed by atoms with Gasteiger partial charge in [0.15, 0.2) is 11.5 Å². The number of hydrogen-bond donors (Lipinski definition) is 2. The minimum absolute atomic E-state index is 0.0253. The average Bonchev–Trinajstić information content (AvgIpc) is 3.09. The van der Waals surface area contributed by atoms with Gasteiger partial charge in [-0.1, -0.05) is 36.4 Å². The van der Waals surface area contributed by atoms with Crippen molar-refractivity contribution >= 4 is 23.1 Å². The highest BCUT2D eigenvalue weighted by Gasteiger charge is 2.47. The van der Waals surface area contributed by atoms with Gasteiger partial charge in [-0.15, -0.1) is 0 Å². The van der Waals surface area contributed by atoms with E-state index < -0.39 is 17.7 Å². The van der Waals surface area contributed by atoms with E-state index in [9.17, 15) is 19.8 Å². The van der Waals surface area contributed by atoms with Crippen LogP contribution in [0.15, 0.2) is 78.4 Å². The fraction of sp³-hybridized carbons (Fsp3) is 0.120. The number of aromatic hydroxyl groups is 1. The Balaban J connectivity index is 1.96. The van der Waals surface area contributed by atoms with E-state index in [1.165, 1.54) is 43.4 Å². The zero-order valence-corrected chi connectivity index (χ0v) is 17.5. The molecule has 0 spiro atoms. The standard InChI is InChI=1S/C25H21NO6/c1-31-19-13-8-16(14-20(19)32-2)22-21(23(28)15-6-4-3-5-7-15)24(29)25(30)26(22)17-9-11-18(27)12-10-17/h3-14,22,27-28H,1-2H3/t22-/m0/s1. The van der Waals surface area contributed by atoms with E-state index in [4.69, 9.17) is 9.47 Å². The smallest absolute Gasteiger partial charge is 0.300 e. The van der Waals surface area contributed by atoms with Crippen LogP contribution in [0.3, 0.4) is 0 Å². The minimum Gasteiger partial charge on any atom is -0.508 e. The normalized spacial score (nSPS) is 17.4. The molecule has 1 fully saturated rings. The van der Waals surface area contributed by atoms with E-state index in [0.717, 1.165) is 0 Å². The molecule has 1 saturated heterocycles. The summed E-state index contributed by atoms with van der Waals surface area (Å²) in [6.45, 7) is 0. The van der Waals surface area contributed by atoms with E-state index >= 15 is 0 Å². The van der Waals surface area contributed by atoms with Crippen LogP contribution in [0.25, 0.3) is 5.76 Å². The van der Waals surface area contributed by atoms with Gasteiger partial charge in [0.25, 0.3) is 11.7 Å². The molecule has 0 bridgehead atoms. The summed E-state index contributed by atoms with van der Waals surface area (Å²) in [4.78, 5) is 27.5. The van der Waals surface area contributed by atoms with Crippen LogP contribution in [0, 0.1) is 0 Å². The van der Waals surface area contributed by atoms with Gasteiger partial charge in [-0.25, -0.2) is 0 Å². The molecule has 4 rings (SSSR count). The number of aliphatic hydroxyl groups excluding tert-OH is 1. The first-order valence-electron chi connectivity index (χ1n) is 9.83. The Bertz CT molecular complexity index is 1200. The first-order chi connectivity index (χ1) is 15.5. The SMILES string of the molecule is COc1ccc([C@H]2C(=C(O)c3ccccc3)C(=O)C(=O)N2c2ccc(O)cc2)cc1OC. The van der Waals surface area contributed by atoms with Gasteiger partial charge in [0.2, 0.25) is 0 Å². The number of nitrogens with zero attached hydrogens (tertiary/aromatic N) is 1. The fourth-order valence-electron chi connectivity index (χ4n) is 3.80. The maximum Gasteiger partial charge on any atom is 0.300 e. The molecule has 3 aromatic rings. The summed E-state index contributed by atoms with van der Waals surface area (Å²) in [6.07, 6.45) is 0. The zero-order chi connectivity index (χ0) is 22.8. The van der Waals surface area contributed by atoms with Crippen LogP contribution in [-0.2, 0) is 9.59 Å². The summed E-state index contributed by atoms with van der Waals surface area (Å²) in [6, 6.07) is 18.6. The number of ketones is 1. The second-order valence-corrected chi connectivity index (χ2v) is 7.17. The van der Waals surface area contributed by atoms with Gasteiger partial charge in [0.05, 0.1) is 25.8 Å². The monoisotopic (exact) mass is 431 g/mol. The Morgan fingerprint density at radius 3 is 2.16 bits per heavy atom. The van der Waals surface area contributed by atoms with Crippen LogP contribution in [0.1, 0.15) is 17.2 Å². The zero-order valence-electron chi connectivity index (χ0n) is 17.5. The van der Waals surface area contributed by atoms with Gasteiger partial charge in [0, 0.05) is 11.3 Å². The Hall–Kier alpha value is -4.26. The maximum absolute atomic E-state index is 13.1. The molecular weight excluding hydrogens is 410 g/mol. The van der Waals surface area contributed by atoms with E-state index in [2.05, 4.69) is 0 Å². The highest BCUT2D eigenvalue weighted by Crippen LogP contribution is 2.44. The lowest BCUT2D eigenvalue weighted by Gasteiger charge is -2.26. The van der Waals surface area contributed by atoms with E-state index in [1.807, 2.05) is 0 Å². The van der Waals surface area contributed by atoms with E-state index in [-0.39, 0.29) is 17.1 Å². The third-order valence-electron chi connectivity index (χ3n) is 5.34. The molecule has 0 unspecified atom stereocenters. The van der Waals surface area contributed by atoms with Crippen molar-refractivity contribution in [1.82, 2.24) is 0 Å². The van der Waals surface area contributed by atoms with Crippen molar-refractivity contribution in [3.63, 3.8) is 0 Å². The molecule has 1 atom stereocenters. The lowest BCUT2D eigenvalue weighted by atomic mass is 9.94. The first-order valence-corrected chi connectivity index (χ1v) is 9.83. The van der Waals surface area contributed by atoms with Crippen LogP contribution in [-0.4, -0.2) is 36.1 Å². The predicted molar refractivity (Wildman–Crippen MR) is 119 cm³/mol. The highest BCUT2D eigenvalue weighted by atomic mass is 16.5. The molecule has 3 aromatic carbocycles. The molecule has 162 valence electrons. The van der Waals surface area contributed by atoms with E-state index in [1.54, 1.807) is 48.5 Å². The lowest BCUT2D eigenvalue weighted by molar-refractivity contribution is -0.132. The minimum atomic E-state index is -0.917. The summed E-state index contributed by atoms with van der Waals surface area (Å²) in [5.74, 6) is -0.934. The topological polar surface area (TPSA) is 96.3 Å². The Labute approximate surface area is 184 Å². The maximum atomic E-state index is 13.1. The van der Waals surface area contributed by atoms with Crippen molar-refractivity contribution < 1.29 is 29.3 Å². The van der Waals surface area contributed by atoms with Crippen molar-refractivity contribution in [2.45, 2.75) is 6.04 Å². The number of benzene rings is 3. The molecule has 0 aromatic heterocycles. The van der Waals surface area contributed by atoms with Gasteiger partial charge in [0.1, 0.15) is 11.5 Å². The van der Waals surface area contributed by atoms with Crippen molar-refractivity contribution in [3.8, 4) is 17.2 Å². The second kappa shape index (κ2) is 8.47. The van der Waals surface area contributed by atoms with Gasteiger partial charge in [-0.2, -0.15) is 0 Å². The third kappa shape index (κ3) is 3.54. The molecule has 7 nitrogen and oxygen atoms in total. The summed E-state index contributed by atoms with van der Waals surface area (Å²) >= 11 is 0. The van der Waals surface area contributed by atoms with E-state index in [0.29, 0.717) is 28.3 Å².